The maximum absolute atomic E-state index is 5.62. The average Bonchev–Trinajstić information content (AvgIpc) is 3.15. The summed E-state index contributed by atoms with van der Waals surface area (Å²) >= 11 is 0. The van der Waals surface area contributed by atoms with Gasteiger partial charge in [-0.05, 0) is 117 Å². The quantitative estimate of drug-likeness (QED) is 0.208. The van der Waals surface area contributed by atoms with Crippen LogP contribution in [-0.4, -0.2) is 6.79 Å². The van der Waals surface area contributed by atoms with Crippen LogP contribution in [0.2, 0.25) is 0 Å². The third-order valence-corrected chi connectivity index (χ3v) is 6.61. The Morgan fingerprint density at radius 1 is 0.448 bits per heavy atom. The molecule has 29 heavy (non-hydrogen) atoms. The number of hydrogen-bond acceptors (Lipinski definition) is 2. The van der Waals surface area contributed by atoms with E-state index in [2.05, 4.69) is 76.2 Å². The minimum Gasteiger partial charge on any atom is -0.454 e. The molecule has 1 heterocycles. The Morgan fingerprint density at radius 3 is 1.10 bits per heavy atom. The highest BCUT2D eigenvalue weighted by molar-refractivity contribution is 6.27. The molecule has 0 radical (unpaired) electrons. The second-order valence-corrected chi connectivity index (χ2v) is 8.41. The minimum absolute atomic E-state index is 0.300. The molecule has 0 aliphatic carbocycles. The molecule has 0 amide bonds. The molecule has 142 valence electrons. The van der Waals surface area contributed by atoms with Crippen LogP contribution in [0, 0.1) is 27.7 Å². The zero-order chi connectivity index (χ0) is 19.9. The van der Waals surface area contributed by atoms with Gasteiger partial charge in [0.05, 0.1) is 0 Å². The smallest absolute Gasteiger partial charge is 0.231 e. The fraction of sp³-hybridized carbons (Fsp3) is 0.185. The number of rotatable bonds is 0. The fourth-order valence-corrected chi connectivity index (χ4v) is 4.66. The van der Waals surface area contributed by atoms with E-state index < -0.39 is 0 Å². The van der Waals surface area contributed by atoms with Gasteiger partial charge in [-0.1, -0.05) is 24.3 Å². The van der Waals surface area contributed by atoms with Gasteiger partial charge in [0, 0.05) is 0 Å². The van der Waals surface area contributed by atoms with Gasteiger partial charge in [-0.2, -0.15) is 0 Å². The van der Waals surface area contributed by atoms with Gasteiger partial charge in [-0.3, -0.25) is 0 Å². The number of ether oxygens (including phenoxy) is 2. The molecule has 6 rings (SSSR count). The molecule has 1 aliphatic rings. The minimum atomic E-state index is 0.300. The third-order valence-electron chi connectivity index (χ3n) is 6.61. The Morgan fingerprint density at radius 2 is 0.759 bits per heavy atom. The van der Waals surface area contributed by atoms with Gasteiger partial charge >= 0.3 is 0 Å². The van der Waals surface area contributed by atoms with Crippen LogP contribution in [0.3, 0.4) is 0 Å². The first-order valence-corrected chi connectivity index (χ1v) is 10.1. The lowest BCUT2D eigenvalue weighted by atomic mass is 9.88. The molecule has 0 saturated carbocycles. The van der Waals surface area contributed by atoms with Crippen molar-refractivity contribution in [2.75, 3.05) is 6.79 Å². The first kappa shape index (κ1) is 16.7. The molecule has 1 aliphatic heterocycles. The Kier molecular flexibility index (Phi) is 3.24. The summed E-state index contributed by atoms with van der Waals surface area (Å²) < 4.78 is 11.2. The van der Waals surface area contributed by atoms with Crippen LogP contribution in [0.4, 0.5) is 0 Å². The molecule has 2 heteroatoms. The van der Waals surface area contributed by atoms with E-state index in [-0.39, 0.29) is 0 Å². The lowest BCUT2D eigenvalue weighted by Gasteiger charge is -2.15. The molecular weight excluding hydrogens is 356 g/mol. The Labute approximate surface area is 169 Å². The molecule has 0 spiro atoms. The van der Waals surface area contributed by atoms with Gasteiger partial charge in [-0.15, -0.1) is 0 Å². The summed E-state index contributed by atoms with van der Waals surface area (Å²) in [6, 6.07) is 18.2. The fourth-order valence-electron chi connectivity index (χ4n) is 4.66. The zero-order valence-electron chi connectivity index (χ0n) is 17.1. The molecule has 0 fully saturated rings. The number of benzene rings is 5. The summed E-state index contributed by atoms with van der Waals surface area (Å²) in [6.45, 7) is 9.10. The summed E-state index contributed by atoms with van der Waals surface area (Å²) in [5, 5.41) is 10.3. The molecule has 5 aromatic rings. The van der Waals surface area contributed by atoms with Crippen molar-refractivity contribution in [3.8, 4) is 11.5 Å². The molecule has 0 bridgehead atoms. The predicted octanol–water partition coefficient (Wildman–Crippen LogP) is 7.26. The standard InChI is InChI=1S/C27H22O2/c1-14-5-20-21-6-15(2)17(4)8-23(21)25-10-19-12-27-26(28-13-29-27)11-18(19)9-24(25)22(20)7-16(14)3/h5-12H,13H2,1-4H3. The number of aryl methyl sites for hydroxylation is 4. The molecule has 0 aromatic heterocycles. The summed E-state index contributed by atoms with van der Waals surface area (Å²) in [7, 11) is 0. The van der Waals surface area contributed by atoms with E-state index in [1.165, 1.54) is 65.3 Å². The summed E-state index contributed by atoms with van der Waals surface area (Å²) in [5.41, 5.74) is 5.32. The lowest BCUT2D eigenvalue weighted by molar-refractivity contribution is 0.174. The van der Waals surface area contributed by atoms with Crippen LogP contribution in [0.25, 0.3) is 43.1 Å². The molecule has 0 unspecified atom stereocenters. The third kappa shape index (κ3) is 2.29. The first-order valence-electron chi connectivity index (χ1n) is 10.1. The van der Waals surface area contributed by atoms with Crippen LogP contribution in [0.1, 0.15) is 22.3 Å². The van der Waals surface area contributed by atoms with Crippen molar-refractivity contribution in [2.24, 2.45) is 0 Å². The Hall–Kier alpha value is -3.26. The maximum atomic E-state index is 5.62. The second-order valence-electron chi connectivity index (χ2n) is 8.41. The largest absolute Gasteiger partial charge is 0.454 e. The molecule has 5 aromatic carbocycles. The van der Waals surface area contributed by atoms with Crippen molar-refractivity contribution < 1.29 is 9.47 Å². The topological polar surface area (TPSA) is 18.5 Å². The molecule has 2 nitrogen and oxygen atoms in total. The van der Waals surface area contributed by atoms with Crippen LogP contribution < -0.4 is 9.47 Å². The highest BCUT2D eigenvalue weighted by atomic mass is 16.7. The highest BCUT2D eigenvalue weighted by Gasteiger charge is 2.17. The van der Waals surface area contributed by atoms with E-state index in [1.807, 2.05) is 0 Å². The van der Waals surface area contributed by atoms with E-state index in [0.29, 0.717) is 6.79 Å². The van der Waals surface area contributed by atoms with Crippen molar-refractivity contribution >= 4 is 43.1 Å². The van der Waals surface area contributed by atoms with Crippen LogP contribution in [0.5, 0.6) is 11.5 Å². The van der Waals surface area contributed by atoms with Crippen LogP contribution in [-0.2, 0) is 0 Å². The first-order chi connectivity index (χ1) is 14.0. The lowest BCUT2D eigenvalue weighted by Crippen LogP contribution is -1.92. The summed E-state index contributed by atoms with van der Waals surface area (Å²) in [4.78, 5) is 0. The van der Waals surface area contributed by atoms with E-state index >= 15 is 0 Å². The summed E-state index contributed by atoms with van der Waals surface area (Å²) in [5.74, 6) is 1.67. The van der Waals surface area contributed by atoms with E-state index in [9.17, 15) is 0 Å². The molecule has 0 saturated heterocycles. The van der Waals surface area contributed by atoms with Gasteiger partial charge < -0.3 is 9.47 Å². The second kappa shape index (κ2) is 5.64. The molecule has 0 N–H and O–H groups in total. The van der Waals surface area contributed by atoms with Crippen molar-refractivity contribution in [2.45, 2.75) is 27.7 Å². The zero-order valence-corrected chi connectivity index (χ0v) is 17.1. The Balaban J connectivity index is 1.88. The average molecular weight is 378 g/mol. The maximum Gasteiger partial charge on any atom is 0.231 e. The van der Waals surface area contributed by atoms with Gasteiger partial charge in [0.15, 0.2) is 11.5 Å². The SMILES string of the molecule is Cc1cc2c3cc(C)c(C)cc3c3cc4cc5c(cc4cc3c2cc1C)OCO5. The van der Waals surface area contributed by atoms with Crippen LogP contribution >= 0.6 is 0 Å². The van der Waals surface area contributed by atoms with Crippen molar-refractivity contribution in [1.29, 1.82) is 0 Å². The van der Waals surface area contributed by atoms with E-state index in [1.54, 1.807) is 0 Å². The molecule has 0 atom stereocenters. The van der Waals surface area contributed by atoms with Gasteiger partial charge in [0.25, 0.3) is 0 Å². The van der Waals surface area contributed by atoms with Crippen molar-refractivity contribution in [3.05, 3.63) is 70.8 Å². The predicted molar refractivity (Wildman–Crippen MR) is 122 cm³/mol. The van der Waals surface area contributed by atoms with Crippen molar-refractivity contribution in [1.82, 2.24) is 0 Å². The van der Waals surface area contributed by atoms with Gasteiger partial charge in [0.1, 0.15) is 0 Å². The monoisotopic (exact) mass is 378 g/mol. The normalized spacial score (nSPS) is 13.2. The number of hydrogen-bond donors (Lipinski definition) is 0. The number of fused-ring (bicyclic) bond motifs is 8. The van der Waals surface area contributed by atoms with E-state index in [4.69, 9.17) is 9.47 Å². The Bertz CT molecular complexity index is 1400. The highest BCUT2D eigenvalue weighted by Crippen LogP contribution is 2.42. The van der Waals surface area contributed by atoms with Crippen molar-refractivity contribution in [3.63, 3.8) is 0 Å². The van der Waals surface area contributed by atoms with Gasteiger partial charge in [-0.25, -0.2) is 0 Å². The van der Waals surface area contributed by atoms with Gasteiger partial charge in [0.2, 0.25) is 6.79 Å². The summed E-state index contributed by atoms with van der Waals surface area (Å²) in [6.07, 6.45) is 0. The van der Waals surface area contributed by atoms with E-state index in [0.717, 1.165) is 11.5 Å². The molecular formula is C27H22O2. The van der Waals surface area contributed by atoms with Crippen LogP contribution in [0.15, 0.2) is 48.5 Å².